The highest BCUT2D eigenvalue weighted by Gasteiger charge is 2.17. The minimum atomic E-state index is -1.10. The highest BCUT2D eigenvalue weighted by molar-refractivity contribution is 5.74. The predicted molar refractivity (Wildman–Crippen MR) is 40.3 cm³/mol. The van der Waals surface area contributed by atoms with E-state index in [-0.39, 0.29) is 5.69 Å². The normalized spacial score (nSPS) is 12.8. The van der Waals surface area contributed by atoms with Crippen molar-refractivity contribution in [3.05, 3.63) is 11.9 Å². The molecule has 0 bridgehead atoms. The molecule has 0 aliphatic rings. The summed E-state index contributed by atoms with van der Waals surface area (Å²) in [4.78, 5) is 10.4. The SMILES string of the molecule is CCn1cc(C(N)C(=O)O)nn1. The molecule has 1 aromatic heterocycles. The van der Waals surface area contributed by atoms with Crippen LogP contribution < -0.4 is 5.73 Å². The van der Waals surface area contributed by atoms with Crippen LogP contribution in [0.1, 0.15) is 18.7 Å². The van der Waals surface area contributed by atoms with Crippen molar-refractivity contribution in [1.82, 2.24) is 15.0 Å². The Bertz CT molecular complexity index is 283. The zero-order valence-electron chi connectivity index (χ0n) is 6.64. The van der Waals surface area contributed by atoms with Gasteiger partial charge in [0.25, 0.3) is 0 Å². The molecule has 0 aliphatic carbocycles. The monoisotopic (exact) mass is 170 g/mol. The maximum atomic E-state index is 10.4. The number of aliphatic carboxylic acids is 1. The molecule has 12 heavy (non-hydrogen) atoms. The molecule has 66 valence electrons. The van der Waals surface area contributed by atoms with Gasteiger partial charge in [0.1, 0.15) is 11.7 Å². The van der Waals surface area contributed by atoms with Crippen LogP contribution in [0.15, 0.2) is 6.20 Å². The third-order valence-corrected chi connectivity index (χ3v) is 1.47. The summed E-state index contributed by atoms with van der Waals surface area (Å²) >= 11 is 0. The maximum absolute atomic E-state index is 10.4. The lowest BCUT2D eigenvalue weighted by atomic mass is 10.2. The van der Waals surface area contributed by atoms with Crippen molar-refractivity contribution in [2.75, 3.05) is 0 Å². The molecule has 1 heterocycles. The molecule has 1 unspecified atom stereocenters. The number of hydrogen-bond acceptors (Lipinski definition) is 4. The molecule has 1 atom stereocenters. The largest absolute Gasteiger partial charge is 0.480 e. The van der Waals surface area contributed by atoms with Gasteiger partial charge in [0.05, 0.1) is 6.20 Å². The first-order valence-electron chi connectivity index (χ1n) is 3.53. The van der Waals surface area contributed by atoms with Crippen LogP contribution in [0, 0.1) is 0 Å². The number of rotatable bonds is 3. The van der Waals surface area contributed by atoms with Gasteiger partial charge in [0, 0.05) is 6.54 Å². The number of nitrogens with zero attached hydrogens (tertiary/aromatic N) is 3. The van der Waals surface area contributed by atoms with E-state index in [1.54, 1.807) is 0 Å². The molecule has 0 saturated heterocycles. The fourth-order valence-corrected chi connectivity index (χ4v) is 0.737. The van der Waals surface area contributed by atoms with Crippen molar-refractivity contribution in [1.29, 1.82) is 0 Å². The number of carbonyl (C=O) groups is 1. The molecule has 3 N–H and O–H groups in total. The summed E-state index contributed by atoms with van der Waals surface area (Å²) in [6.07, 6.45) is 1.53. The van der Waals surface area contributed by atoms with Gasteiger partial charge in [-0.3, -0.25) is 9.48 Å². The van der Waals surface area contributed by atoms with E-state index in [0.29, 0.717) is 6.54 Å². The van der Waals surface area contributed by atoms with Gasteiger partial charge in [0.15, 0.2) is 0 Å². The summed E-state index contributed by atoms with van der Waals surface area (Å²) in [5.41, 5.74) is 5.57. The topological polar surface area (TPSA) is 94.0 Å². The van der Waals surface area contributed by atoms with Gasteiger partial charge >= 0.3 is 5.97 Å². The van der Waals surface area contributed by atoms with Crippen LogP contribution in [0.25, 0.3) is 0 Å². The molecule has 0 aromatic carbocycles. The minimum absolute atomic E-state index is 0.282. The van der Waals surface area contributed by atoms with E-state index in [4.69, 9.17) is 10.8 Å². The van der Waals surface area contributed by atoms with Crippen LogP contribution in [-0.4, -0.2) is 26.1 Å². The summed E-state index contributed by atoms with van der Waals surface area (Å²) < 4.78 is 1.53. The van der Waals surface area contributed by atoms with Crippen molar-refractivity contribution in [3.63, 3.8) is 0 Å². The number of nitrogens with two attached hydrogens (primary N) is 1. The lowest BCUT2D eigenvalue weighted by Gasteiger charge is -1.98. The Morgan fingerprint density at radius 2 is 2.58 bits per heavy atom. The van der Waals surface area contributed by atoms with E-state index in [1.165, 1.54) is 10.9 Å². The number of carboxylic acid groups (broad SMARTS) is 1. The molecule has 1 rings (SSSR count). The Balaban J connectivity index is 2.81. The number of aromatic nitrogens is 3. The lowest BCUT2D eigenvalue weighted by Crippen LogP contribution is -2.20. The Morgan fingerprint density at radius 1 is 1.92 bits per heavy atom. The van der Waals surface area contributed by atoms with Crippen LogP contribution in [0.2, 0.25) is 0 Å². The minimum Gasteiger partial charge on any atom is -0.480 e. The van der Waals surface area contributed by atoms with Crippen LogP contribution in [0.3, 0.4) is 0 Å². The zero-order chi connectivity index (χ0) is 9.14. The van der Waals surface area contributed by atoms with Gasteiger partial charge in [-0.05, 0) is 6.92 Å². The fourth-order valence-electron chi connectivity index (χ4n) is 0.737. The highest BCUT2D eigenvalue weighted by Crippen LogP contribution is 2.04. The average molecular weight is 170 g/mol. The quantitative estimate of drug-likeness (QED) is 0.630. The van der Waals surface area contributed by atoms with Crippen LogP contribution >= 0.6 is 0 Å². The molecule has 0 spiro atoms. The standard InChI is InChI=1S/C6H10N4O2/c1-2-10-3-4(8-9-10)5(7)6(11)12/h3,5H,2,7H2,1H3,(H,11,12). The average Bonchev–Trinajstić information content (AvgIpc) is 2.50. The van der Waals surface area contributed by atoms with Crippen LogP contribution in [0.4, 0.5) is 0 Å². The van der Waals surface area contributed by atoms with Gasteiger partial charge in [0.2, 0.25) is 0 Å². The summed E-state index contributed by atoms with van der Waals surface area (Å²) in [6.45, 7) is 2.53. The molecule has 0 saturated carbocycles. The number of hydrogen-bond donors (Lipinski definition) is 2. The third kappa shape index (κ3) is 1.59. The molecule has 0 amide bonds. The fraction of sp³-hybridized carbons (Fsp3) is 0.500. The number of aryl methyl sites for hydroxylation is 1. The molecular weight excluding hydrogens is 160 g/mol. The third-order valence-electron chi connectivity index (χ3n) is 1.47. The molecule has 6 nitrogen and oxygen atoms in total. The second-order valence-electron chi connectivity index (χ2n) is 2.32. The van der Waals surface area contributed by atoms with Gasteiger partial charge < -0.3 is 10.8 Å². The Labute approximate surface area is 69.0 Å². The molecule has 0 radical (unpaired) electrons. The molecule has 0 fully saturated rings. The van der Waals surface area contributed by atoms with E-state index in [0.717, 1.165) is 0 Å². The maximum Gasteiger partial charge on any atom is 0.326 e. The van der Waals surface area contributed by atoms with Gasteiger partial charge in [-0.2, -0.15) is 0 Å². The van der Waals surface area contributed by atoms with Crippen molar-refractivity contribution in [2.24, 2.45) is 5.73 Å². The highest BCUT2D eigenvalue weighted by atomic mass is 16.4. The van der Waals surface area contributed by atoms with Crippen molar-refractivity contribution in [2.45, 2.75) is 19.5 Å². The summed E-state index contributed by atoms with van der Waals surface area (Å²) in [6, 6.07) is -1.08. The lowest BCUT2D eigenvalue weighted by molar-refractivity contribution is -0.138. The molecular formula is C6H10N4O2. The van der Waals surface area contributed by atoms with E-state index in [1.807, 2.05) is 6.92 Å². The Morgan fingerprint density at radius 3 is 3.00 bits per heavy atom. The second kappa shape index (κ2) is 3.31. The predicted octanol–water partition coefficient (Wildman–Crippen LogP) is -0.618. The second-order valence-corrected chi connectivity index (χ2v) is 2.32. The summed E-state index contributed by atoms with van der Waals surface area (Å²) in [5.74, 6) is -1.10. The van der Waals surface area contributed by atoms with Crippen molar-refractivity contribution in [3.8, 4) is 0 Å². The van der Waals surface area contributed by atoms with E-state index >= 15 is 0 Å². The van der Waals surface area contributed by atoms with Crippen LogP contribution in [0.5, 0.6) is 0 Å². The van der Waals surface area contributed by atoms with E-state index in [2.05, 4.69) is 10.3 Å². The Kier molecular flexibility index (Phi) is 2.39. The molecule has 0 aliphatic heterocycles. The Hall–Kier alpha value is -1.43. The summed E-state index contributed by atoms with van der Waals surface area (Å²) in [7, 11) is 0. The van der Waals surface area contributed by atoms with Crippen LogP contribution in [-0.2, 0) is 11.3 Å². The summed E-state index contributed by atoms with van der Waals surface area (Å²) in [5, 5.41) is 15.8. The van der Waals surface area contributed by atoms with E-state index < -0.39 is 12.0 Å². The van der Waals surface area contributed by atoms with Gasteiger partial charge in [-0.1, -0.05) is 5.21 Å². The molecule has 1 aromatic rings. The number of carboxylic acids is 1. The van der Waals surface area contributed by atoms with Crippen molar-refractivity contribution < 1.29 is 9.90 Å². The van der Waals surface area contributed by atoms with Gasteiger partial charge in [-0.25, -0.2) is 0 Å². The van der Waals surface area contributed by atoms with E-state index in [9.17, 15) is 4.79 Å². The molecule has 6 heteroatoms. The first-order valence-corrected chi connectivity index (χ1v) is 3.53. The van der Waals surface area contributed by atoms with Crippen molar-refractivity contribution >= 4 is 5.97 Å². The zero-order valence-corrected chi connectivity index (χ0v) is 6.64. The first kappa shape index (κ1) is 8.66. The van der Waals surface area contributed by atoms with Gasteiger partial charge in [-0.15, -0.1) is 5.10 Å². The first-order chi connectivity index (χ1) is 5.65. The smallest absolute Gasteiger partial charge is 0.326 e.